The van der Waals surface area contributed by atoms with Crippen LogP contribution in [-0.4, -0.2) is 67.4 Å². The van der Waals surface area contributed by atoms with Gasteiger partial charge in [-0.1, -0.05) is 190 Å². The summed E-state index contributed by atoms with van der Waals surface area (Å²) in [5.41, 5.74) is 2.89. The molecule has 0 unspecified atom stereocenters. The first-order valence-electron chi connectivity index (χ1n) is 24.0. The monoisotopic (exact) mass is 1020 g/mol. The first-order valence-corrected chi connectivity index (χ1v) is 28.7. The van der Waals surface area contributed by atoms with Crippen molar-refractivity contribution >= 4 is 70.2 Å². The van der Waals surface area contributed by atoms with Crippen LogP contribution in [0.25, 0.3) is 0 Å². The highest BCUT2D eigenvalue weighted by Gasteiger charge is 2.09. The van der Waals surface area contributed by atoms with Gasteiger partial charge in [0, 0.05) is 72.9 Å². The quantitative estimate of drug-likeness (QED) is 0.0480. The molecule has 0 N–H and O–H groups in total. The van der Waals surface area contributed by atoms with Crippen molar-refractivity contribution in [1.82, 2.24) is 0 Å². The van der Waals surface area contributed by atoms with E-state index in [4.69, 9.17) is 9.47 Å². The summed E-state index contributed by atoms with van der Waals surface area (Å²) in [7, 11) is 0. The predicted octanol–water partition coefficient (Wildman–Crippen LogP) is 18.6. The Bertz CT molecular complexity index is 1780. The van der Waals surface area contributed by atoms with E-state index in [1.807, 2.05) is 238 Å². The number of ether oxygens (including phenoxy) is 2. The number of hydrogen-bond acceptors (Lipinski definition) is 8. The van der Waals surface area contributed by atoms with Crippen molar-refractivity contribution in [3.05, 3.63) is 192 Å². The van der Waals surface area contributed by atoms with Gasteiger partial charge in [0.1, 0.15) is 0 Å². The number of halogens is 1. The molecule has 0 aromatic heterocycles. The SMILES string of the molecule is CC.CC.CC.CC.CCOCCOCC.CCSCCSCC.CCl.O=C(c1ccccc1)c1ccc(Sc2ccccc2)cc1.O=C(c1ccccc1)c1ccc(Sc2ccccc2)cc1. The Hall–Kier alpha value is -3.73. The lowest BCUT2D eigenvalue weighted by Gasteiger charge is -2.04. The maximum Gasteiger partial charge on any atom is 0.193 e. The minimum Gasteiger partial charge on any atom is -0.379 e. The van der Waals surface area contributed by atoms with Gasteiger partial charge in [-0.05, 0) is 98.1 Å². The summed E-state index contributed by atoms with van der Waals surface area (Å²) in [6.07, 6.45) is 1.47. The van der Waals surface area contributed by atoms with Crippen molar-refractivity contribution in [3.63, 3.8) is 0 Å². The molecule has 68 heavy (non-hydrogen) atoms. The van der Waals surface area contributed by atoms with Crippen LogP contribution in [0.1, 0.15) is 115 Å². The highest BCUT2D eigenvalue weighted by atomic mass is 35.5. The molecule has 6 aromatic carbocycles. The van der Waals surface area contributed by atoms with Crippen molar-refractivity contribution in [1.29, 1.82) is 0 Å². The summed E-state index contributed by atoms with van der Waals surface area (Å²) in [5, 5.41) is 0. The number of carbonyl (C=O) groups is 2. The molecule has 0 bridgehead atoms. The lowest BCUT2D eigenvalue weighted by molar-refractivity contribution is 0.0584. The van der Waals surface area contributed by atoms with Crippen LogP contribution in [0.2, 0.25) is 0 Å². The van der Waals surface area contributed by atoms with Gasteiger partial charge in [0.25, 0.3) is 0 Å². The van der Waals surface area contributed by atoms with Crippen LogP contribution >= 0.6 is 58.6 Å². The Balaban J connectivity index is -0.000000837. The average molecular weight is 1020 g/mol. The number of alkyl halides is 1. The second kappa shape index (κ2) is 52.6. The van der Waals surface area contributed by atoms with E-state index in [1.165, 1.54) is 39.2 Å². The second-order valence-electron chi connectivity index (χ2n) is 12.1. The normalized spacial score (nSPS) is 9.09. The molecule has 0 radical (unpaired) electrons. The van der Waals surface area contributed by atoms with Gasteiger partial charge >= 0.3 is 0 Å². The van der Waals surface area contributed by atoms with Crippen LogP contribution in [0.3, 0.4) is 0 Å². The maximum atomic E-state index is 12.3. The molecule has 0 spiro atoms. The van der Waals surface area contributed by atoms with Gasteiger partial charge in [-0.3, -0.25) is 9.59 Å². The highest BCUT2D eigenvalue weighted by molar-refractivity contribution is 8.02. The third-order valence-electron chi connectivity index (χ3n) is 7.82. The van der Waals surface area contributed by atoms with Gasteiger partial charge in [0.2, 0.25) is 0 Å². The molecule has 0 atom stereocenters. The molecule has 0 aliphatic rings. The van der Waals surface area contributed by atoms with Gasteiger partial charge < -0.3 is 9.47 Å². The van der Waals surface area contributed by atoms with Crippen molar-refractivity contribution in [2.75, 3.05) is 55.8 Å². The Morgan fingerprint density at radius 1 is 0.368 bits per heavy atom. The molecule has 6 rings (SSSR count). The summed E-state index contributed by atoms with van der Waals surface area (Å²) in [6, 6.07) is 54.7. The van der Waals surface area contributed by atoms with Crippen molar-refractivity contribution < 1.29 is 19.1 Å². The molecule has 9 heteroatoms. The lowest BCUT2D eigenvalue weighted by atomic mass is 10.0. The van der Waals surface area contributed by atoms with Crippen LogP contribution < -0.4 is 0 Å². The molecule has 0 aliphatic carbocycles. The van der Waals surface area contributed by atoms with E-state index >= 15 is 0 Å². The smallest absolute Gasteiger partial charge is 0.193 e. The number of carbonyl (C=O) groups excluding carboxylic acids is 2. The van der Waals surface area contributed by atoms with Crippen molar-refractivity contribution in [2.45, 2.75) is 103 Å². The van der Waals surface area contributed by atoms with Crippen LogP contribution in [0.5, 0.6) is 0 Å². The zero-order valence-electron chi connectivity index (χ0n) is 43.5. The van der Waals surface area contributed by atoms with E-state index in [0.29, 0.717) is 0 Å². The number of rotatable bonds is 18. The molecule has 4 nitrogen and oxygen atoms in total. The molecule has 0 heterocycles. The van der Waals surface area contributed by atoms with E-state index in [1.54, 1.807) is 23.5 Å². The third kappa shape index (κ3) is 34.5. The summed E-state index contributed by atoms with van der Waals surface area (Å²) < 4.78 is 10.0. The Kier molecular flexibility index (Phi) is 53.1. The molecule has 0 aliphatic heterocycles. The summed E-state index contributed by atoms with van der Waals surface area (Å²) in [6.45, 7) is 27.4. The topological polar surface area (TPSA) is 52.6 Å². The standard InChI is InChI=1S/2C19H14OS.C6H14O2.C6H14S2.4C2H6.CH3Cl/c2*20-19(15-7-3-1-4-8-15)16-11-13-18(14-12-16)21-17-9-5-2-6-10-17;2*1-3-7-5-6-8-4-2;5*1-2/h2*1-14H;2*3-6H2,1-2H3;4*1-2H3;1H3. The molecule has 0 amide bonds. The highest BCUT2D eigenvalue weighted by Crippen LogP contribution is 2.29. The van der Waals surface area contributed by atoms with E-state index in [0.717, 1.165) is 58.5 Å². The van der Waals surface area contributed by atoms with Crippen molar-refractivity contribution in [2.24, 2.45) is 0 Å². The van der Waals surface area contributed by atoms with E-state index in [-0.39, 0.29) is 11.6 Å². The summed E-state index contributed by atoms with van der Waals surface area (Å²) >= 11 is 12.1. The van der Waals surface area contributed by atoms with Crippen LogP contribution in [-0.2, 0) is 9.47 Å². The number of hydrogen-bond donors (Lipinski definition) is 0. The van der Waals surface area contributed by atoms with Gasteiger partial charge in [0.15, 0.2) is 11.6 Å². The third-order valence-corrected chi connectivity index (χ3v) is 11.9. The van der Waals surface area contributed by atoms with E-state index in [9.17, 15) is 9.59 Å². The summed E-state index contributed by atoms with van der Waals surface area (Å²) in [4.78, 5) is 29.3. The van der Waals surface area contributed by atoms with Gasteiger partial charge in [-0.25, -0.2) is 0 Å². The molecular weight excluding hydrogens is 936 g/mol. The zero-order chi connectivity index (χ0) is 51.5. The first-order chi connectivity index (χ1) is 33.5. The molecule has 6 aromatic rings. The van der Waals surface area contributed by atoms with Crippen LogP contribution in [0.4, 0.5) is 0 Å². The second-order valence-corrected chi connectivity index (χ2v) is 17.1. The molecule has 0 fully saturated rings. The largest absolute Gasteiger partial charge is 0.379 e. The Labute approximate surface area is 437 Å². The van der Waals surface area contributed by atoms with Crippen molar-refractivity contribution in [3.8, 4) is 0 Å². The average Bonchev–Trinajstić information content (AvgIpc) is 3.43. The van der Waals surface area contributed by atoms with E-state index < -0.39 is 0 Å². The number of benzene rings is 6. The zero-order valence-corrected chi connectivity index (χ0v) is 47.5. The Morgan fingerprint density at radius 3 is 0.853 bits per heavy atom. The summed E-state index contributed by atoms with van der Waals surface area (Å²) in [5.74, 6) is 5.32. The lowest BCUT2D eigenvalue weighted by Crippen LogP contribution is -2.02. The fraction of sp³-hybridized carbons (Fsp3) is 0.356. The predicted molar refractivity (Wildman–Crippen MR) is 310 cm³/mol. The van der Waals surface area contributed by atoms with Gasteiger partial charge in [-0.15, -0.1) is 11.6 Å². The maximum absolute atomic E-state index is 12.3. The van der Waals surface area contributed by atoms with Crippen LogP contribution in [0.15, 0.2) is 189 Å². The first kappa shape index (κ1) is 68.5. The molecule has 0 saturated carbocycles. The molecule has 0 saturated heterocycles. The molecule has 374 valence electrons. The van der Waals surface area contributed by atoms with Gasteiger partial charge in [0.05, 0.1) is 13.2 Å². The fourth-order valence-electron chi connectivity index (χ4n) is 4.92. The van der Waals surface area contributed by atoms with Gasteiger partial charge in [-0.2, -0.15) is 23.5 Å². The van der Waals surface area contributed by atoms with Crippen LogP contribution in [0, 0.1) is 0 Å². The number of ketones is 2. The number of thioether (sulfide) groups is 2. The Morgan fingerprint density at radius 2 is 0.603 bits per heavy atom. The fourth-order valence-corrected chi connectivity index (χ4v) is 8.12. The molecular formula is C59H83ClO4S4. The minimum absolute atomic E-state index is 0.0619. The minimum atomic E-state index is 0.0619. The van der Waals surface area contributed by atoms with E-state index in [2.05, 4.69) is 49.7 Å².